The number of nitrogens with one attached hydrogen (secondary N) is 1. The number of hydrogen-bond acceptors (Lipinski definition) is 5. The average Bonchev–Trinajstić information content (AvgIpc) is 2.45. The molecular weight excluding hydrogens is 262 g/mol. The molecule has 1 unspecified atom stereocenters. The molecule has 1 saturated heterocycles. The van der Waals surface area contributed by atoms with E-state index >= 15 is 0 Å². The second-order valence-corrected chi connectivity index (χ2v) is 7.08. The van der Waals surface area contributed by atoms with E-state index in [1.807, 2.05) is 31.3 Å². The van der Waals surface area contributed by atoms with Gasteiger partial charge in [-0.05, 0) is 46.1 Å². The molecule has 1 aromatic heterocycles. The molecule has 0 spiro atoms. The fourth-order valence-corrected chi connectivity index (χ4v) is 2.65. The molecule has 1 fully saturated rings. The molecule has 0 amide bonds. The van der Waals surface area contributed by atoms with Crippen LogP contribution in [0.15, 0.2) is 12.3 Å². The molecule has 5 heteroatoms. The zero-order chi connectivity index (χ0) is 15.5. The molecule has 118 valence electrons. The molecule has 5 nitrogen and oxygen atoms in total. The van der Waals surface area contributed by atoms with E-state index < -0.39 is 0 Å². The maximum absolute atomic E-state index is 4.70. The summed E-state index contributed by atoms with van der Waals surface area (Å²) >= 11 is 0. The van der Waals surface area contributed by atoms with Crippen molar-refractivity contribution >= 4 is 11.8 Å². The van der Waals surface area contributed by atoms with E-state index in [0.29, 0.717) is 6.04 Å². The summed E-state index contributed by atoms with van der Waals surface area (Å²) in [5.74, 6) is 1.83. The van der Waals surface area contributed by atoms with Crippen molar-refractivity contribution in [3.8, 4) is 0 Å². The monoisotopic (exact) mass is 291 g/mol. The van der Waals surface area contributed by atoms with Crippen LogP contribution in [-0.4, -0.2) is 48.7 Å². The van der Waals surface area contributed by atoms with Crippen LogP contribution in [0.25, 0.3) is 0 Å². The number of anilines is 2. The van der Waals surface area contributed by atoms with Gasteiger partial charge in [0.05, 0.1) is 0 Å². The summed E-state index contributed by atoms with van der Waals surface area (Å²) < 4.78 is 0. The fraction of sp³-hybridized carbons (Fsp3) is 0.750. The van der Waals surface area contributed by atoms with Crippen molar-refractivity contribution in [2.45, 2.75) is 51.6 Å². The third-order valence-electron chi connectivity index (χ3n) is 3.82. The molecule has 1 N–H and O–H groups in total. The number of piperidine rings is 1. The molecular formula is C16H29N5. The lowest BCUT2D eigenvalue weighted by Gasteiger charge is -2.38. The van der Waals surface area contributed by atoms with E-state index in [9.17, 15) is 0 Å². The Morgan fingerprint density at radius 3 is 2.76 bits per heavy atom. The standard InChI is InChI=1S/C16H29N5/c1-16(2,3)18-12-13-8-6-7-11-21(13)14-9-10-17-15(19-14)20(4)5/h9-10,13,18H,6-8,11-12H2,1-5H3. The zero-order valence-corrected chi connectivity index (χ0v) is 14.1. The van der Waals surface area contributed by atoms with Gasteiger partial charge >= 0.3 is 0 Å². The van der Waals surface area contributed by atoms with Gasteiger partial charge in [0.2, 0.25) is 5.95 Å². The lowest BCUT2D eigenvalue weighted by molar-refractivity contribution is 0.365. The Morgan fingerprint density at radius 1 is 1.33 bits per heavy atom. The number of nitrogens with zero attached hydrogens (tertiary/aromatic N) is 4. The third-order valence-corrected chi connectivity index (χ3v) is 3.82. The average molecular weight is 291 g/mol. The van der Waals surface area contributed by atoms with E-state index in [4.69, 9.17) is 4.98 Å². The first-order chi connectivity index (χ1) is 9.87. The first-order valence-electron chi connectivity index (χ1n) is 7.89. The summed E-state index contributed by atoms with van der Waals surface area (Å²) in [5, 5.41) is 3.63. The van der Waals surface area contributed by atoms with Crippen LogP contribution in [0.3, 0.4) is 0 Å². The Morgan fingerprint density at radius 2 is 2.10 bits per heavy atom. The lowest BCUT2D eigenvalue weighted by Crippen LogP contribution is -2.50. The van der Waals surface area contributed by atoms with Gasteiger partial charge in [-0.3, -0.25) is 0 Å². The van der Waals surface area contributed by atoms with Crippen molar-refractivity contribution in [3.63, 3.8) is 0 Å². The summed E-state index contributed by atoms with van der Waals surface area (Å²) in [6, 6.07) is 2.55. The largest absolute Gasteiger partial charge is 0.352 e. The predicted molar refractivity (Wildman–Crippen MR) is 89.1 cm³/mol. The third kappa shape index (κ3) is 4.56. The molecule has 0 aromatic carbocycles. The highest BCUT2D eigenvalue weighted by molar-refractivity contribution is 5.44. The molecule has 0 bridgehead atoms. The van der Waals surface area contributed by atoms with E-state index in [2.05, 4.69) is 36.0 Å². The first-order valence-corrected chi connectivity index (χ1v) is 7.89. The minimum atomic E-state index is 0.156. The first kappa shape index (κ1) is 16.0. The highest BCUT2D eigenvalue weighted by Crippen LogP contribution is 2.24. The normalized spacial score (nSPS) is 19.7. The van der Waals surface area contributed by atoms with Crippen LogP contribution in [0.2, 0.25) is 0 Å². The topological polar surface area (TPSA) is 44.3 Å². The van der Waals surface area contributed by atoms with E-state index in [0.717, 1.165) is 24.9 Å². The Hall–Kier alpha value is -1.36. The highest BCUT2D eigenvalue weighted by Gasteiger charge is 2.25. The van der Waals surface area contributed by atoms with Gasteiger partial charge in [-0.25, -0.2) is 4.98 Å². The minimum absolute atomic E-state index is 0.156. The second-order valence-electron chi connectivity index (χ2n) is 7.08. The molecule has 21 heavy (non-hydrogen) atoms. The summed E-state index contributed by atoms with van der Waals surface area (Å²) in [6.07, 6.45) is 5.64. The summed E-state index contributed by atoms with van der Waals surface area (Å²) in [6.45, 7) is 8.74. The maximum atomic E-state index is 4.70. The van der Waals surface area contributed by atoms with Crippen LogP contribution in [0.5, 0.6) is 0 Å². The molecule has 1 aromatic rings. The number of aromatic nitrogens is 2. The molecule has 2 rings (SSSR count). The Labute approximate surface area is 128 Å². The van der Waals surface area contributed by atoms with Crippen LogP contribution < -0.4 is 15.1 Å². The minimum Gasteiger partial charge on any atom is -0.352 e. The Kier molecular flexibility index (Phi) is 5.04. The van der Waals surface area contributed by atoms with Gasteiger partial charge in [0.15, 0.2) is 0 Å². The molecule has 1 aliphatic heterocycles. The molecule has 0 radical (unpaired) electrons. The predicted octanol–water partition coefficient (Wildman–Crippen LogP) is 2.29. The van der Waals surface area contributed by atoms with Gasteiger partial charge in [-0.2, -0.15) is 4.98 Å². The molecule has 2 heterocycles. The fourth-order valence-electron chi connectivity index (χ4n) is 2.65. The van der Waals surface area contributed by atoms with Gasteiger partial charge in [0.25, 0.3) is 0 Å². The summed E-state index contributed by atoms with van der Waals surface area (Å²) in [4.78, 5) is 13.4. The van der Waals surface area contributed by atoms with E-state index in [1.54, 1.807) is 0 Å². The van der Waals surface area contributed by atoms with Crippen molar-refractivity contribution in [2.75, 3.05) is 37.0 Å². The quantitative estimate of drug-likeness (QED) is 0.922. The maximum Gasteiger partial charge on any atom is 0.226 e. The van der Waals surface area contributed by atoms with Gasteiger partial charge in [0, 0.05) is 45.0 Å². The van der Waals surface area contributed by atoms with Gasteiger partial charge in [-0.15, -0.1) is 0 Å². The molecule has 0 saturated carbocycles. The zero-order valence-electron chi connectivity index (χ0n) is 14.1. The van der Waals surface area contributed by atoms with Gasteiger partial charge in [-0.1, -0.05) is 0 Å². The van der Waals surface area contributed by atoms with Crippen LogP contribution in [-0.2, 0) is 0 Å². The van der Waals surface area contributed by atoms with Gasteiger partial charge in [0.1, 0.15) is 5.82 Å². The van der Waals surface area contributed by atoms with Crippen molar-refractivity contribution in [2.24, 2.45) is 0 Å². The SMILES string of the molecule is CN(C)c1nccc(N2CCCCC2CNC(C)(C)C)n1. The van der Waals surface area contributed by atoms with Crippen LogP contribution in [0, 0.1) is 0 Å². The Balaban J connectivity index is 2.12. The van der Waals surface area contributed by atoms with Crippen LogP contribution in [0.1, 0.15) is 40.0 Å². The summed E-state index contributed by atoms with van der Waals surface area (Å²) in [5.41, 5.74) is 0.156. The smallest absolute Gasteiger partial charge is 0.226 e. The van der Waals surface area contributed by atoms with Gasteiger partial charge < -0.3 is 15.1 Å². The van der Waals surface area contributed by atoms with Crippen LogP contribution in [0.4, 0.5) is 11.8 Å². The number of hydrogen-bond donors (Lipinski definition) is 1. The van der Waals surface area contributed by atoms with Crippen molar-refractivity contribution < 1.29 is 0 Å². The lowest BCUT2D eigenvalue weighted by atomic mass is 10.0. The highest BCUT2D eigenvalue weighted by atomic mass is 15.3. The van der Waals surface area contributed by atoms with Crippen LogP contribution >= 0.6 is 0 Å². The van der Waals surface area contributed by atoms with Crippen molar-refractivity contribution in [3.05, 3.63) is 12.3 Å². The van der Waals surface area contributed by atoms with Crippen molar-refractivity contribution in [1.82, 2.24) is 15.3 Å². The summed E-state index contributed by atoms with van der Waals surface area (Å²) in [7, 11) is 3.96. The molecule has 1 atom stereocenters. The van der Waals surface area contributed by atoms with E-state index in [1.165, 1.54) is 19.3 Å². The second kappa shape index (κ2) is 6.60. The Bertz CT molecular complexity index is 452. The molecule has 0 aliphatic carbocycles. The molecule has 1 aliphatic rings. The van der Waals surface area contributed by atoms with Crippen molar-refractivity contribution in [1.29, 1.82) is 0 Å². The van der Waals surface area contributed by atoms with E-state index in [-0.39, 0.29) is 5.54 Å². The number of rotatable bonds is 4.